The molecule has 8 aromatic rings. The number of para-hydroxylation sites is 2. The number of benzene rings is 8. The van der Waals surface area contributed by atoms with Crippen molar-refractivity contribution in [1.82, 2.24) is 10.6 Å². The molecular formula is C81H98N4O5S2. The molecule has 11 heteroatoms. The summed E-state index contributed by atoms with van der Waals surface area (Å²) in [7, 11) is 0. The maximum absolute atomic E-state index is 7.37. The molecule has 0 spiro atoms. The number of anilines is 2. The van der Waals surface area contributed by atoms with Crippen LogP contribution in [0.25, 0.3) is 0 Å². The lowest BCUT2D eigenvalue weighted by Crippen LogP contribution is -2.29. The lowest BCUT2D eigenvalue weighted by atomic mass is 9.80. The lowest BCUT2D eigenvalue weighted by molar-refractivity contribution is 0.101. The van der Waals surface area contributed by atoms with Gasteiger partial charge in [-0.05, 0) is 175 Å². The van der Waals surface area contributed by atoms with Gasteiger partial charge in [-0.1, -0.05) is 217 Å². The maximum Gasteiger partial charge on any atom is 0.170 e. The third-order valence-electron chi connectivity index (χ3n) is 16.8. The first-order chi connectivity index (χ1) is 43.9. The summed E-state index contributed by atoms with van der Waals surface area (Å²) in [5.41, 5.74) is 16.7. The number of hydrogen-bond acceptors (Lipinski definition) is 7. The smallest absolute Gasteiger partial charge is 0.170 e. The molecule has 0 unspecified atom stereocenters. The molecule has 9 rings (SSSR count). The highest BCUT2D eigenvalue weighted by molar-refractivity contribution is 7.80. The van der Waals surface area contributed by atoms with Crippen LogP contribution in [-0.2, 0) is 72.1 Å². The minimum absolute atomic E-state index is 0.203. The van der Waals surface area contributed by atoms with Crippen molar-refractivity contribution in [3.8, 4) is 23.0 Å². The van der Waals surface area contributed by atoms with Crippen molar-refractivity contribution in [2.45, 2.75) is 176 Å². The maximum atomic E-state index is 7.37. The number of fused-ring (bicyclic) bond motifs is 8. The van der Waals surface area contributed by atoms with Crippen LogP contribution >= 0.6 is 24.4 Å². The largest absolute Gasteiger partial charge is 0.493 e. The van der Waals surface area contributed by atoms with Gasteiger partial charge >= 0.3 is 0 Å². The molecule has 92 heavy (non-hydrogen) atoms. The zero-order valence-electron chi connectivity index (χ0n) is 56.6. The first-order valence-corrected chi connectivity index (χ1v) is 33.8. The molecule has 1 aliphatic rings. The van der Waals surface area contributed by atoms with Crippen molar-refractivity contribution < 1.29 is 23.7 Å². The second-order valence-corrected chi connectivity index (χ2v) is 29.5. The number of rotatable bonds is 20. The summed E-state index contributed by atoms with van der Waals surface area (Å²) in [4.78, 5) is 0. The van der Waals surface area contributed by atoms with E-state index in [4.69, 9.17) is 48.1 Å². The van der Waals surface area contributed by atoms with E-state index in [1.54, 1.807) is 0 Å². The minimum Gasteiger partial charge on any atom is -0.493 e. The van der Waals surface area contributed by atoms with Crippen LogP contribution in [0.1, 0.15) is 187 Å². The molecule has 0 saturated heterocycles. The second kappa shape index (κ2) is 31.3. The van der Waals surface area contributed by atoms with E-state index in [9.17, 15) is 0 Å². The molecule has 0 radical (unpaired) electrons. The van der Waals surface area contributed by atoms with E-state index in [0.717, 1.165) is 116 Å². The summed E-state index contributed by atoms with van der Waals surface area (Å²) >= 11 is 11.4. The van der Waals surface area contributed by atoms with Gasteiger partial charge in [0.05, 0.1) is 26.4 Å². The Morgan fingerprint density at radius 1 is 0.359 bits per heavy atom. The summed E-state index contributed by atoms with van der Waals surface area (Å²) < 4.78 is 36.3. The quantitative estimate of drug-likeness (QED) is 0.0434. The van der Waals surface area contributed by atoms with Gasteiger partial charge in [0.25, 0.3) is 0 Å². The average molecular weight is 1270 g/mol. The predicted molar refractivity (Wildman–Crippen MR) is 390 cm³/mol. The number of unbranched alkanes of at least 4 members (excludes halogenated alkanes) is 2. The predicted octanol–water partition coefficient (Wildman–Crippen LogP) is 19.1. The van der Waals surface area contributed by atoms with Crippen LogP contribution in [0.4, 0.5) is 11.4 Å². The Kier molecular flexibility index (Phi) is 23.3. The molecule has 0 saturated carbocycles. The number of nitrogens with one attached hydrogen (secondary N) is 4. The number of hydrogen-bond donors (Lipinski definition) is 4. The van der Waals surface area contributed by atoms with Crippen LogP contribution in [0, 0.1) is 0 Å². The Balaban J connectivity index is 1.21. The van der Waals surface area contributed by atoms with Crippen LogP contribution in [0.2, 0.25) is 0 Å². The summed E-state index contributed by atoms with van der Waals surface area (Å²) in [6.45, 7) is 31.4. The van der Waals surface area contributed by atoms with Crippen molar-refractivity contribution in [1.29, 1.82) is 0 Å². The molecule has 0 fully saturated rings. The molecule has 484 valence electrons. The molecule has 0 aromatic heterocycles. The molecule has 0 aliphatic carbocycles. The normalized spacial score (nSPS) is 12.8. The first-order valence-electron chi connectivity index (χ1n) is 33.0. The van der Waals surface area contributed by atoms with E-state index in [2.05, 4.69) is 214 Å². The van der Waals surface area contributed by atoms with E-state index >= 15 is 0 Å². The van der Waals surface area contributed by atoms with Crippen molar-refractivity contribution in [2.24, 2.45) is 0 Å². The molecule has 8 bridgehead atoms. The second-order valence-electron chi connectivity index (χ2n) is 28.7. The third-order valence-corrected chi connectivity index (χ3v) is 17.3. The van der Waals surface area contributed by atoms with Crippen molar-refractivity contribution >= 4 is 46.0 Å². The van der Waals surface area contributed by atoms with Gasteiger partial charge in [0.1, 0.15) is 36.2 Å². The summed E-state index contributed by atoms with van der Waals surface area (Å²) in [5.74, 6) is 3.44. The van der Waals surface area contributed by atoms with Crippen LogP contribution in [0.3, 0.4) is 0 Å². The van der Waals surface area contributed by atoms with E-state index in [1.165, 1.54) is 22.3 Å². The fourth-order valence-electron chi connectivity index (χ4n) is 11.4. The summed E-state index contributed by atoms with van der Waals surface area (Å²) in [6.07, 6.45) is 4.98. The minimum atomic E-state index is -0.215. The molecule has 0 atom stereocenters. The van der Waals surface area contributed by atoms with Gasteiger partial charge in [0.2, 0.25) is 0 Å². The summed E-state index contributed by atoms with van der Waals surface area (Å²) in [5, 5.41) is 14.7. The Bertz CT molecular complexity index is 3730. The Hall–Kier alpha value is -7.70. The Morgan fingerprint density at radius 2 is 0.630 bits per heavy atom. The zero-order chi connectivity index (χ0) is 65.5. The van der Waals surface area contributed by atoms with Gasteiger partial charge in [-0.2, -0.15) is 0 Å². The monoisotopic (exact) mass is 1270 g/mol. The number of ether oxygens (including phenoxy) is 5. The first kappa shape index (κ1) is 68.7. The fourth-order valence-corrected chi connectivity index (χ4v) is 11.9. The van der Waals surface area contributed by atoms with Gasteiger partial charge < -0.3 is 45.0 Å². The van der Waals surface area contributed by atoms with Gasteiger partial charge in [-0.15, -0.1) is 0 Å². The molecule has 4 N–H and O–H groups in total. The van der Waals surface area contributed by atoms with Crippen molar-refractivity contribution in [3.63, 3.8) is 0 Å². The SMILES string of the molecule is CC(C)(C)c1cc2c(OCc3ccccc3)c(c1)Cc1cc(C(C)(C)C)cc(c1OCCCCNC(=S)Nc1ccccc1)Cc1cc(C(C)(C)C)cc(c1OCc1ccccc1)Cc1cc(C(C)(C)C)cc(c1OCCCCNC(=S)Nc1ccccc1)COC2. The standard InChI is InChI=1S/C81H98N4O5S2/c1-78(2,3)66-44-58-41-60-46-67(79(4,5)6)47-61(73(60)89-52-56-29-17-13-18-30-56)43-62-48-68(80(7,8)9)50-64(74(62)88-40-28-26-38-83-77(92)85-71-35-23-16-24-36-71)54-86-55-65-51-69(81(10,11)12)49-63(75(65)90-53-57-31-19-14-20-32-57)42-59(45-66)72(58)87-39-27-25-37-82-76(91)84-70-33-21-15-22-34-70/h13-24,29-36,44-51H,25-28,37-43,52-55H2,1-12H3,(H2,82,84,91)(H2,83,85,92). The third kappa shape index (κ3) is 19.7. The van der Waals surface area contributed by atoms with E-state index in [1.807, 2.05) is 60.7 Å². The fraction of sp³-hybridized carbons (Fsp3) is 0.383. The van der Waals surface area contributed by atoms with Crippen LogP contribution in [0.5, 0.6) is 23.0 Å². The highest BCUT2D eigenvalue weighted by Gasteiger charge is 2.29. The molecule has 1 aliphatic heterocycles. The average Bonchev–Trinajstić information content (AvgIpc) is 0.782. The number of thiocarbonyl (C=S) groups is 2. The Morgan fingerprint density at radius 3 is 0.946 bits per heavy atom. The van der Waals surface area contributed by atoms with Crippen molar-refractivity contribution in [3.05, 3.63) is 248 Å². The highest BCUT2D eigenvalue weighted by atomic mass is 32.1. The van der Waals surface area contributed by atoms with Gasteiger partial charge in [-0.3, -0.25) is 0 Å². The molecular weight excluding hydrogens is 1170 g/mol. The molecule has 1 heterocycles. The van der Waals surface area contributed by atoms with Crippen LogP contribution in [0.15, 0.2) is 170 Å². The molecule has 0 amide bonds. The Labute approximate surface area is 560 Å². The molecule has 8 aromatic carbocycles. The topological polar surface area (TPSA) is 94.3 Å². The van der Waals surface area contributed by atoms with Crippen LogP contribution < -0.4 is 40.2 Å². The highest BCUT2D eigenvalue weighted by Crippen LogP contribution is 2.44. The molecule has 9 nitrogen and oxygen atoms in total. The van der Waals surface area contributed by atoms with Gasteiger partial charge in [0.15, 0.2) is 10.2 Å². The summed E-state index contributed by atoms with van der Waals surface area (Å²) in [6, 6.07) is 60.0. The van der Waals surface area contributed by atoms with Crippen molar-refractivity contribution in [2.75, 3.05) is 36.9 Å². The van der Waals surface area contributed by atoms with Gasteiger partial charge in [0, 0.05) is 54.9 Å². The zero-order valence-corrected chi connectivity index (χ0v) is 58.3. The van der Waals surface area contributed by atoms with Crippen LogP contribution in [-0.4, -0.2) is 36.5 Å². The lowest BCUT2D eigenvalue weighted by Gasteiger charge is -2.29. The van der Waals surface area contributed by atoms with Gasteiger partial charge in [-0.25, -0.2) is 0 Å². The van der Waals surface area contributed by atoms with E-state index in [-0.39, 0.29) is 21.7 Å². The van der Waals surface area contributed by atoms with E-state index in [0.29, 0.717) is 82.2 Å². The van der Waals surface area contributed by atoms with E-state index < -0.39 is 0 Å².